The highest BCUT2D eigenvalue weighted by molar-refractivity contribution is 5.27. The summed E-state index contributed by atoms with van der Waals surface area (Å²) >= 11 is 0. The second kappa shape index (κ2) is 7.47. The van der Waals surface area contributed by atoms with E-state index in [1.165, 1.54) is 31.2 Å². The van der Waals surface area contributed by atoms with Gasteiger partial charge in [-0.05, 0) is 37.0 Å². The van der Waals surface area contributed by atoms with Gasteiger partial charge in [0.15, 0.2) is 0 Å². The summed E-state index contributed by atoms with van der Waals surface area (Å²) in [7, 11) is 0. The zero-order valence-corrected chi connectivity index (χ0v) is 13.7. The van der Waals surface area contributed by atoms with Crippen LogP contribution in [0.25, 0.3) is 0 Å². The molecule has 1 heterocycles. The smallest absolute Gasteiger partial charge is 0.119 e. The number of hydrogen-bond donors (Lipinski definition) is 1. The Balaban J connectivity index is 1.57. The Morgan fingerprint density at radius 1 is 1.14 bits per heavy atom. The summed E-state index contributed by atoms with van der Waals surface area (Å²) in [5, 5.41) is 10.4. The van der Waals surface area contributed by atoms with Crippen molar-refractivity contribution in [2.75, 3.05) is 19.7 Å². The Morgan fingerprint density at radius 2 is 1.86 bits per heavy atom. The van der Waals surface area contributed by atoms with Crippen LogP contribution in [0.4, 0.5) is 0 Å². The standard InChI is InChI=1S/C19H29NO2/c1-2-22-17-9-7-15(8-10-17)13-20-12-11-19(21)18(14-20)16-5-3-4-6-16/h7-10,16,18-19,21H,2-6,11-14H2,1H3/t18-,19+/m0/s1. The molecular weight excluding hydrogens is 274 g/mol. The number of benzene rings is 1. The number of ether oxygens (including phenoxy) is 1. The van der Waals surface area contributed by atoms with Crippen molar-refractivity contribution in [3.05, 3.63) is 29.8 Å². The molecule has 0 unspecified atom stereocenters. The van der Waals surface area contributed by atoms with E-state index in [0.29, 0.717) is 12.5 Å². The molecule has 22 heavy (non-hydrogen) atoms. The minimum atomic E-state index is -0.0836. The van der Waals surface area contributed by atoms with Crippen LogP contribution in [0.2, 0.25) is 0 Å². The van der Waals surface area contributed by atoms with E-state index in [-0.39, 0.29) is 6.10 Å². The van der Waals surface area contributed by atoms with Crippen molar-refractivity contribution < 1.29 is 9.84 Å². The molecular formula is C19H29NO2. The van der Waals surface area contributed by atoms with Crippen LogP contribution in [0, 0.1) is 11.8 Å². The summed E-state index contributed by atoms with van der Waals surface area (Å²) < 4.78 is 5.50. The molecule has 3 heteroatoms. The molecule has 1 aromatic rings. The molecule has 1 aliphatic carbocycles. The fourth-order valence-corrected chi connectivity index (χ4v) is 4.15. The largest absolute Gasteiger partial charge is 0.494 e. The normalized spacial score (nSPS) is 27.2. The van der Waals surface area contributed by atoms with E-state index in [2.05, 4.69) is 29.2 Å². The van der Waals surface area contributed by atoms with Crippen molar-refractivity contribution in [2.45, 2.75) is 51.7 Å². The molecule has 0 aromatic heterocycles. The Kier molecular flexibility index (Phi) is 5.37. The molecule has 0 amide bonds. The number of aliphatic hydroxyl groups excluding tert-OH is 1. The van der Waals surface area contributed by atoms with Crippen LogP contribution in [-0.2, 0) is 6.54 Å². The van der Waals surface area contributed by atoms with E-state index in [4.69, 9.17) is 4.74 Å². The molecule has 122 valence electrons. The van der Waals surface area contributed by atoms with Crippen LogP contribution < -0.4 is 4.74 Å². The maximum Gasteiger partial charge on any atom is 0.119 e. The van der Waals surface area contributed by atoms with Gasteiger partial charge in [0.1, 0.15) is 5.75 Å². The minimum Gasteiger partial charge on any atom is -0.494 e. The molecule has 2 aliphatic rings. The maximum absolute atomic E-state index is 10.4. The topological polar surface area (TPSA) is 32.7 Å². The third-order valence-corrected chi connectivity index (χ3v) is 5.35. The Hall–Kier alpha value is -1.06. The van der Waals surface area contributed by atoms with Gasteiger partial charge < -0.3 is 9.84 Å². The molecule has 0 radical (unpaired) electrons. The second-order valence-corrected chi connectivity index (χ2v) is 6.88. The lowest BCUT2D eigenvalue weighted by Gasteiger charge is -2.39. The van der Waals surface area contributed by atoms with Gasteiger partial charge in [-0.1, -0.05) is 37.8 Å². The predicted octanol–water partition coefficient (Wildman–Crippen LogP) is 3.46. The SMILES string of the molecule is CCOc1ccc(CN2CC[C@@H](O)[C@H](C3CCCC3)C2)cc1. The third-order valence-electron chi connectivity index (χ3n) is 5.35. The van der Waals surface area contributed by atoms with Crippen molar-refractivity contribution in [3.8, 4) is 5.75 Å². The average molecular weight is 303 g/mol. The van der Waals surface area contributed by atoms with E-state index in [1.54, 1.807) is 0 Å². The highest BCUT2D eigenvalue weighted by atomic mass is 16.5. The summed E-state index contributed by atoms with van der Waals surface area (Å²) in [6.45, 7) is 5.78. The lowest BCUT2D eigenvalue weighted by Crippen LogP contribution is -2.45. The van der Waals surface area contributed by atoms with Crippen molar-refractivity contribution in [3.63, 3.8) is 0 Å². The fraction of sp³-hybridized carbons (Fsp3) is 0.684. The van der Waals surface area contributed by atoms with Gasteiger partial charge in [-0.15, -0.1) is 0 Å². The molecule has 3 nitrogen and oxygen atoms in total. The monoisotopic (exact) mass is 303 g/mol. The first kappa shape index (κ1) is 15.8. The zero-order valence-electron chi connectivity index (χ0n) is 13.7. The number of likely N-dealkylation sites (tertiary alicyclic amines) is 1. The van der Waals surface area contributed by atoms with E-state index in [9.17, 15) is 5.11 Å². The summed E-state index contributed by atoms with van der Waals surface area (Å²) in [6, 6.07) is 8.46. The Labute approximate surface area is 134 Å². The lowest BCUT2D eigenvalue weighted by atomic mass is 9.82. The van der Waals surface area contributed by atoms with Gasteiger partial charge in [-0.2, -0.15) is 0 Å². The highest BCUT2D eigenvalue weighted by Gasteiger charge is 2.34. The fourth-order valence-electron chi connectivity index (χ4n) is 4.15. The molecule has 1 N–H and O–H groups in total. The molecule has 3 rings (SSSR count). The van der Waals surface area contributed by atoms with Crippen LogP contribution in [-0.4, -0.2) is 35.8 Å². The van der Waals surface area contributed by atoms with Crippen LogP contribution in [0.15, 0.2) is 24.3 Å². The van der Waals surface area contributed by atoms with Gasteiger partial charge in [-0.25, -0.2) is 0 Å². The van der Waals surface area contributed by atoms with Crippen LogP contribution in [0.1, 0.15) is 44.6 Å². The van der Waals surface area contributed by atoms with Crippen molar-refractivity contribution >= 4 is 0 Å². The first-order chi connectivity index (χ1) is 10.8. The van der Waals surface area contributed by atoms with Crippen LogP contribution in [0.5, 0.6) is 5.75 Å². The summed E-state index contributed by atoms with van der Waals surface area (Å²) in [5.74, 6) is 2.18. The molecule has 1 saturated carbocycles. The van der Waals surface area contributed by atoms with Gasteiger partial charge in [0.2, 0.25) is 0 Å². The van der Waals surface area contributed by atoms with Crippen molar-refractivity contribution in [1.29, 1.82) is 0 Å². The molecule has 0 bridgehead atoms. The first-order valence-electron chi connectivity index (χ1n) is 8.88. The Morgan fingerprint density at radius 3 is 2.55 bits per heavy atom. The summed E-state index contributed by atoms with van der Waals surface area (Å²) in [4.78, 5) is 2.52. The quantitative estimate of drug-likeness (QED) is 0.904. The van der Waals surface area contributed by atoms with E-state index < -0.39 is 0 Å². The molecule has 1 aromatic carbocycles. The first-order valence-corrected chi connectivity index (χ1v) is 8.88. The minimum absolute atomic E-state index is 0.0836. The average Bonchev–Trinajstić information content (AvgIpc) is 3.06. The molecule has 1 aliphatic heterocycles. The van der Waals surface area contributed by atoms with Gasteiger partial charge >= 0.3 is 0 Å². The van der Waals surface area contributed by atoms with Crippen LogP contribution >= 0.6 is 0 Å². The zero-order chi connectivity index (χ0) is 15.4. The van der Waals surface area contributed by atoms with Gasteiger partial charge in [0.05, 0.1) is 12.7 Å². The molecule has 2 fully saturated rings. The molecule has 1 saturated heterocycles. The maximum atomic E-state index is 10.4. The van der Waals surface area contributed by atoms with E-state index in [0.717, 1.165) is 37.7 Å². The number of hydrogen-bond acceptors (Lipinski definition) is 3. The lowest BCUT2D eigenvalue weighted by molar-refractivity contribution is -0.00271. The summed E-state index contributed by atoms with van der Waals surface area (Å²) in [6.07, 6.45) is 6.19. The van der Waals surface area contributed by atoms with Crippen molar-refractivity contribution in [1.82, 2.24) is 4.90 Å². The summed E-state index contributed by atoms with van der Waals surface area (Å²) in [5.41, 5.74) is 1.34. The van der Waals surface area contributed by atoms with Crippen molar-refractivity contribution in [2.24, 2.45) is 11.8 Å². The Bertz CT molecular complexity index is 453. The van der Waals surface area contributed by atoms with Gasteiger partial charge in [-0.3, -0.25) is 4.90 Å². The number of rotatable bonds is 5. The van der Waals surface area contributed by atoms with Gasteiger partial charge in [0, 0.05) is 25.6 Å². The predicted molar refractivity (Wildman–Crippen MR) is 89.0 cm³/mol. The van der Waals surface area contributed by atoms with Crippen LogP contribution in [0.3, 0.4) is 0 Å². The highest BCUT2D eigenvalue weighted by Crippen LogP contribution is 2.36. The molecule has 2 atom stereocenters. The third kappa shape index (κ3) is 3.82. The van der Waals surface area contributed by atoms with Gasteiger partial charge in [0.25, 0.3) is 0 Å². The second-order valence-electron chi connectivity index (χ2n) is 6.88. The number of piperidine rings is 1. The number of nitrogens with zero attached hydrogens (tertiary/aromatic N) is 1. The van der Waals surface area contributed by atoms with E-state index >= 15 is 0 Å². The van der Waals surface area contributed by atoms with E-state index in [1.807, 2.05) is 6.92 Å². The molecule has 0 spiro atoms. The number of aliphatic hydroxyl groups is 1.